The fraction of sp³-hybridized carbons (Fsp3) is 0.458. The van der Waals surface area contributed by atoms with Gasteiger partial charge >= 0.3 is 0 Å². The molecule has 174 valence electrons. The topological polar surface area (TPSA) is 97.4 Å². The molecule has 2 aromatic carbocycles. The number of sulfone groups is 1. The third-order valence-electron chi connectivity index (χ3n) is 5.89. The molecule has 1 fully saturated rings. The summed E-state index contributed by atoms with van der Waals surface area (Å²) in [6, 6.07) is 13.0. The Bertz CT molecular complexity index is 1130. The molecule has 2 aromatic rings. The van der Waals surface area contributed by atoms with Crippen molar-refractivity contribution in [2.45, 2.75) is 74.3 Å². The van der Waals surface area contributed by atoms with Gasteiger partial charge in [-0.25, -0.2) is 21.6 Å². The Morgan fingerprint density at radius 2 is 1.44 bits per heavy atom. The van der Waals surface area contributed by atoms with Crippen LogP contribution in [-0.2, 0) is 32.0 Å². The molecule has 1 aliphatic rings. The highest BCUT2D eigenvalue weighted by Crippen LogP contribution is 2.21. The summed E-state index contributed by atoms with van der Waals surface area (Å²) < 4.78 is 52.1. The first-order valence-electron chi connectivity index (χ1n) is 11.0. The van der Waals surface area contributed by atoms with Crippen molar-refractivity contribution in [1.82, 2.24) is 4.72 Å². The largest absolute Gasteiger partial charge is 0.294 e. The molecule has 1 aliphatic carbocycles. The Kier molecular flexibility index (Phi) is 7.90. The summed E-state index contributed by atoms with van der Waals surface area (Å²) in [7, 11) is -6.77. The number of ketones is 1. The van der Waals surface area contributed by atoms with Gasteiger partial charge in [0.15, 0.2) is 15.6 Å². The van der Waals surface area contributed by atoms with Crippen LogP contribution < -0.4 is 4.72 Å². The number of carbonyl (C=O) groups excluding carboxylic acids is 1. The van der Waals surface area contributed by atoms with Gasteiger partial charge < -0.3 is 0 Å². The van der Waals surface area contributed by atoms with Crippen LogP contribution in [0.5, 0.6) is 0 Å². The van der Waals surface area contributed by atoms with Crippen LogP contribution in [0.25, 0.3) is 0 Å². The first-order valence-corrected chi connectivity index (χ1v) is 14.2. The summed E-state index contributed by atoms with van der Waals surface area (Å²) in [5, 5.41) is -0.451. The second kappa shape index (κ2) is 10.3. The van der Waals surface area contributed by atoms with Gasteiger partial charge in [0.05, 0.1) is 15.9 Å². The van der Waals surface area contributed by atoms with Crippen molar-refractivity contribution in [3.8, 4) is 0 Å². The lowest BCUT2D eigenvalue weighted by atomic mass is 9.96. The lowest BCUT2D eigenvalue weighted by Gasteiger charge is -2.22. The van der Waals surface area contributed by atoms with Gasteiger partial charge in [-0.3, -0.25) is 4.79 Å². The number of Topliss-reactive ketones (excluding diaryl/α,β-unsaturated/α-hetero) is 1. The third-order valence-corrected chi connectivity index (χ3v) is 9.60. The average Bonchev–Trinajstić information content (AvgIpc) is 2.74. The van der Waals surface area contributed by atoms with Crippen LogP contribution in [0.15, 0.2) is 53.4 Å². The van der Waals surface area contributed by atoms with E-state index >= 15 is 0 Å². The first-order chi connectivity index (χ1) is 15.1. The number of nitrogens with one attached hydrogen (secondary N) is 1. The molecule has 0 amide bonds. The van der Waals surface area contributed by atoms with Crippen molar-refractivity contribution in [3.63, 3.8) is 0 Å². The average molecular weight is 478 g/mol. The van der Waals surface area contributed by atoms with Crippen molar-refractivity contribution in [2.75, 3.05) is 0 Å². The normalized spacial score (nSPS) is 15.7. The monoisotopic (exact) mass is 477 g/mol. The SMILES string of the molecule is CC(C)S(=O)(=O)Cc1ccc(C(=O)Cc2ccc(S(=O)(=O)NC3CCCCC3)cc2)cc1. The number of hydrogen-bond acceptors (Lipinski definition) is 5. The van der Waals surface area contributed by atoms with E-state index in [0.717, 1.165) is 37.7 Å². The van der Waals surface area contributed by atoms with Gasteiger partial charge in [-0.15, -0.1) is 0 Å². The molecule has 0 heterocycles. The fourth-order valence-electron chi connectivity index (χ4n) is 3.77. The second-order valence-electron chi connectivity index (χ2n) is 8.75. The van der Waals surface area contributed by atoms with E-state index in [4.69, 9.17) is 0 Å². The zero-order valence-electron chi connectivity index (χ0n) is 18.6. The van der Waals surface area contributed by atoms with Crippen LogP contribution in [0, 0.1) is 0 Å². The number of benzene rings is 2. The molecule has 0 radical (unpaired) electrons. The molecular weight excluding hydrogens is 446 g/mol. The zero-order chi connectivity index (χ0) is 23.4. The highest BCUT2D eigenvalue weighted by molar-refractivity contribution is 7.91. The summed E-state index contributed by atoms with van der Waals surface area (Å²) in [6.45, 7) is 3.30. The maximum Gasteiger partial charge on any atom is 0.240 e. The van der Waals surface area contributed by atoms with Gasteiger partial charge in [0, 0.05) is 18.0 Å². The Balaban J connectivity index is 1.62. The van der Waals surface area contributed by atoms with E-state index in [2.05, 4.69) is 4.72 Å². The van der Waals surface area contributed by atoms with E-state index in [1.165, 1.54) is 12.1 Å². The minimum Gasteiger partial charge on any atom is -0.294 e. The molecule has 0 unspecified atom stereocenters. The van der Waals surface area contributed by atoms with Crippen molar-refractivity contribution < 1.29 is 21.6 Å². The van der Waals surface area contributed by atoms with Crippen molar-refractivity contribution in [3.05, 3.63) is 65.2 Å². The molecule has 6 nitrogen and oxygen atoms in total. The minimum absolute atomic E-state index is 0.00602. The molecule has 0 aliphatic heterocycles. The summed E-state index contributed by atoms with van der Waals surface area (Å²) in [5.74, 6) is -0.163. The van der Waals surface area contributed by atoms with Gasteiger partial charge in [-0.05, 0) is 49.9 Å². The Morgan fingerprint density at radius 1 is 0.875 bits per heavy atom. The summed E-state index contributed by atoms with van der Waals surface area (Å²) in [6.07, 6.45) is 5.12. The van der Waals surface area contributed by atoms with Crippen LogP contribution in [-0.4, -0.2) is 33.9 Å². The van der Waals surface area contributed by atoms with Crippen LogP contribution in [0.2, 0.25) is 0 Å². The van der Waals surface area contributed by atoms with Crippen LogP contribution in [0.3, 0.4) is 0 Å². The molecule has 1 N–H and O–H groups in total. The maximum atomic E-state index is 12.6. The maximum absolute atomic E-state index is 12.6. The van der Waals surface area contributed by atoms with E-state index in [-0.39, 0.29) is 28.9 Å². The highest BCUT2D eigenvalue weighted by atomic mass is 32.2. The van der Waals surface area contributed by atoms with E-state index in [1.54, 1.807) is 50.2 Å². The molecule has 8 heteroatoms. The Labute approximate surface area is 191 Å². The molecule has 0 spiro atoms. The summed E-state index contributed by atoms with van der Waals surface area (Å²) >= 11 is 0. The van der Waals surface area contributed by atoms with Gasteiger partial charge in [0.1, 0.15) is 0 Å². The van der Waals surface area contributed by atoms with Gasteiger partial charge in [-0.2, -0.15) is 0 Å². The van der Waals surface area contributed by atoms with Gasteiger partial charge in [-0.1, -0.05) is 55.7 Å². The number of carbonyl (C=O) groups is 1. The zero-order valence-corrected chi connectivity index (χ0v) is 20.2. The van der Waals surface area contributed by atoms with Gasteiger partial charge in [0.2, 0.25) is 10.0 Å². The number of rotatable bonds is 9. The lowest BCUT2D eigenvalue weighted by Crippen LogP contribution is -2.36. The van der Waals surface area contributed by atoms with Crippen LogP contribution >= 0.6 is 0 Å². The molecule has 0 atom stereocenters. The third kappa shape index (κ3) is 6.49. The highest BCUT2D eigenvalue weighted by Gasteiger charge is 2.22. The number of hydrogen-bond donors (Lipinski definition) is 1. The van der Waals surface area contributed by atoms with Crippen LogP contribution in [0.1, 0.15) is 67.4 Å². The standard InChI is InChI=1S/C24H31NO5S2/c1-18(2)31(27,28)17-20-8-12-21(13-9-20)24(26)16-19-10-14-23(15-11-19)32(29,30)25-22-6-4-3-5-7-22/h8-15,18,22,25H,3-7,16-17H2,1-2H3. The molecule has 0 aromatic heterocycles. The Morgan fingerprint density at radius 3 is 2.00 bits per heavy atom. The fourth-order valence-corrected chi connectivity index (χ4v) is 6.06. The predicted octanol–water partition coefficient (Wildman–Crippen LogP) is 4.05. The molecular formula is C24H31NO5S2. The van der Waals surface area contributed by atoms with E-state index < -0.39 is 25.1 Å². The van der Waals surface area contributed by atoms with E-state index in [9.17, 15) is 21.6 Å². The molecule has 32 heavy (non-hydrogen) atoms. The predicted molar refractivity (Wildman–Crippen MR) is 126 cm³/mol. The smallest absolute Gasteiger partial charge is 0.240 e. The number of sulfonamides is 1. The van der Waals surface area contributed by atoms with Crippen molar-refractivity contribution >= 4 is 25.6 Å². The lowest BCUT2D eigenvalue weighted by molar-refractivity contribution is 0.0993. The first kappa shape index (κ1) is 24.6. The second-order valence-corrected chi connectivity index (χ2v) is 13.0. The Hall–Kier alpha value is -2.03. The van der Waals surface area contributed by atoms with Gasteiger partial charge in [0.25, 0.3) is 0 Å². The van der Waals surface area contributed by atoms with Crippen LogP contribution in [0.4, 0.5) is 0 Å². The summed E-state index contributed by atoms with van der Waals surface area (Å²) in [5.41, 5.74) is 1.86. The molecule has 0 bridgehead atoms. The van der Waals surface area contributed by atoms with E-state index in [1.807, 2.05) is 0 Å². The van der Waals surface area contributed by atoms with Crippen molar-refractivity contribution in [2.24, 2.45) is 0 Å². The molecule has 0 saturated heterocycles. The molecule has 3 rings (SSSR count). The van der Waals surface area contributed by atoms with Crippen molar-refractivity contribution in [1.29, 1.82) is 0 Å². The quantitative estimate of drug-likeness (QED) is 0.550. The minimum atomic E-state index is -3.57. The molecule has 1 saturated carbocycles. The summed E-state index contributed by atoms with van der Waals surface area (Å²) in [4.78, 5) is 12.8. The van der Waals surface area contributed by atoms with E-state index in [0.29, 0.717) is 11.1 Å².